The zero-order chi connectivity index (χ0) is 25.8. The van der Waals surface area contributed by atoms with Gasteiger partial charge in [-0.3, -0.25) is 14.4 Å². The second-order valence-corrected chi connectivity index (χ2v) is 13.5. The summed E-state index contributed by atoms with van der Waals surface area (Å²) in [6.45, 7) is 16.5. The molecule has 0 N–H and O–H groups in total. The van der Waals surface area contributed by atoms with Crippen molar-refractivity contribution >= 4 is 18.5 Å². The fourth-order valence-corrected chi connectivity index (χ4v) is 9.42. The highest BCUT2D eigenvalue weighted by atomic mass is 16.5. The van der Waals surface area contributed by atoms with Gasteiger partial charge in [-0.15, -0.1) is 0 Å². The Kier molecular flexibility index (Phi) is 6.77. The van der Waals surface area contributed by atoms with E-state index in [1.807, 2.05) is 6.92 Å². The Morgan fingerprint density at radius 1 is 1.09 bits per heavy atom. The molecule has 0 heterocycles. The van der Waals surface area contributed by atoms with Gasteiger partial charge in [-0.05, 0) is 92.4 Å². The van der Waals surface area contributed by atoms with E-state index in [-0.39, 0.29) is 33.7 Å². The topological polar surface area (TPSA) is 60.4 Å². The number of ether oxygens (including phenoxy) is 1. The number of rotatable bonds is 7. The normalized spacial score (nSPS) is 41.5. The van der Waals surface area contributed by atoms with Crippen molar-refractivity contribution in [3.8, 4) is 0 Å². The summed E-state index contributed by atoms with van der Waals surface area (Å²) < 4.78 is 5.53. The van der Waals surface area contributed by atoms with E-state index in [4.69, 9.17) is 4.74 Å². The summed E-state index contributed by atoms with van der Waals surface area (Å²) in [5.74, 6) is 1.72. The molecule has 4 nitrogen and oxygen atoms in total. The quantitative estimate of drug-likeness (QED) is 0.289. The molecule has 194 valence electrons. The zero-order valence-electron chi connectivity index (χ0n) is 23.0. The van der Waals surface area contributed by atoms with Gasteiger partial charge < -0.3 is 4.74 Å². The van der Waals surface area contributed by atoms with Gasteiger partial charge in [0.25, 0.3) is 6.47 Å². The Labute approximate surface area is 212 Å². The average molecular weight is 483 g/mol. The fourth-order valence-electron chi connectivity index (χ4n) is 9.42. The number of ketones is 1. The SMILES string of the molecule is C/C(C=O)=C\CC[C@@H](C)[C@H]1CC[C@@]2(C)C3=C(CC[C@]12C)[C@@]1(C)CC[C@H](OC=O)C(C)(C)[C@@H]1CC3=O. The van der Waals surface area contributed by atoms with Crippen LogP contribution in [-0.4, -0.2) is 24.6 Å². The standard InChI is InChI=1S/C31H46O4/c1-20(18-32)9-8-10-21(2)22-11-16-31(7)27-23(12-15-30(22,31)6)29(5)14-13-26(35-19-33)28(3,4)25(29)17-24(27)34/h9,18-19,21-22,25-26H,8,10-17H2,1-7H3/b20-9+/t21-,22-,25+,26+,29-,30-,31+/m1/s1. The van der Waals surface area contributed by atoms with Gasteiger partial charge in [0.1, 0.15) is 12.4 Å². The molecule has 0 bridgehead atoms. The second-order valence-electron chi connectivity index (χ2n) is 13.5. The summed E-state index contributed by atoms with van der Waals surface area (Å²) in [6.07, 6.45) is 11.8. The van der Waals surface area contributed by atoms with Crippen LogP contribution in [0.3, 0.4) is 0 Å². The van der Waals surface area contributed by atoms with Crippen molar-refractivity contribution in [1.82, 2.24) is 0 Å². The van der Waals surface area contributed by atoms with Crippen LogP contribution in [0.2, 0.25) is 0 Å². The van der Waals surface area contributed by atoms with Gasteiger partial charge in [0.2, 0.25) is 0 Å². The number of hydrogen-bond acceptors (Lipinski definition) is 4. The van der Waals surface area contributed by atoms with Crippen LogP contribution in [-0.2, 0) is 19.1 Å². The van der Waals surface area contributed by atoms with Gasteiger partial charge in [0.05, 0.1) is 0 Å². The van der Waals surface area contributed by atoms with E-state index in [1.165, 1.54) is 17.6 Å². The summed E-state index contributed by atoms with van der Waals surface area (Å²) in [4.78, 5) is 36.2. The van der Waals surface area contributed by atoms with Gasteiger partial charge in [-0.1, -0.05) is 53.2 Å². The first-order valence-electron chi connectivity index (χ1n) is 13.8. The highest BCUT2D eigenvalue weighted by Crippen LogP contribution is 2.72. The lowest BCUT2D eigenvalue weighted by molar-refractivity contribution is -0.157. The summed E-state index contributed by atoms with van der Waals surface area (Å²) in [5, 5.41) is 0. The third kappa shape index (κ3) is 3.80. The predicted octanol–water partition coefficient (Wildman–Crippen LogP) is 7.02. The fraction of sp³-hybridized carbons (Fsp3) is 0.774. The Morgan fingerprint density at radius 2 is 1.80 bits per heavy atom. The van der Waals surface area contributed by atoms with E-state index in [0.29, 0.717) is 30.5 Å². The molecule has 4 heteroatoms. The maximum Gasteiger partial charge on any atom is 0.293 e. The van der Waals surface area contributed by atoms with Crippen LogP contribution < -0.4 is 0 Å². The van der Waals surface area contributed by atoms with Gasteiger partial charge in [-0.25, -0.2) is 0 Å². The number of hydrogen-bond donors (Lipinski definition) is 0. The van der Waals surface area contributed by atoms with E-state index in [1.54, 1.807) is 0 Å². The third-order valence-electron chi connectivity index (χ3n) is 11.7. The van der Waals surface area contributed by atoms with E-state index in [9.17, 15) is 14.4 Å². The van der Waals surface area contributed by atoms with Crippen LogP contribution in [0.15, 0.2) is 22.8 Å². The zero-order valence-corrected chi connectivity index (χ0v) is 23.0. The van der Waals surface area contributed by atoms with Crippen molar-refractivity contribution in [3.05, 3.63) is 22.8 Å². The summed E-state index contributed by atoms with van der Waals surface area (Å²) in [5.41, 5.74) is 3.28. The Bertz CT molecular complexity index is 957. The number of allylic oxidation sites excluding steroid dienone is 4. The molecule has 0 radical (unpaired) electrons. The van der Waals surface area contributed by atoms with Crippen LogP contribution in [0.1, 0.15) is 106 Å². The van der Waals surface area contributed by atoms with Crippen molar-refractivity contribution < 1.29 is 19.1 Å². The molecule has 0 amide bonds. The Hall–Kier alpha value is -1.71. The molecule has 35 heavy (non-hydrogen) atoms. The predicted molar refractivity (Wildman–Crippen MR) is 139 cm³/mol. The van der Waals surface area contributed by atoms with Gasteiger partial charge >= 0.3 is 0 Å². The molecule has 4 aliphatic rings. The minimum atomic E-state index is -0.219. The molecule has 2 fully saturated rings. The monoisotopic (exact) mass is 482 g/mol. The van der Waals surface area contributed by atoms with Gasteiger partial charge in [0.15, 0.2) is 5.78 Å². The molecule has 0 aromatic carbocycles. The van der Waals surface area contributed by atoms with E-state index in [0.717, 1.165) is 56.8 Å². The first kappa shape index (κ1) is 26.4. The van der Waals surface area contributed by atoms with Crippen LogP contribution in [0.5, 0.6) is 0 Å². The van der Waals surface area contributed by atoms with E-state index in [2.05, 4.69) is 47.6 Å². The highest BCUT2D eigenvalue weighted by Gasteiger charge is 2.65. The largest absolute Gasteiger partial charge is 0.464 e. The first-order chi connectivity index (χ1) is 16.4. The lowest BCUT2D eigenvalue weighted by Gasteiger charge is -2.61. The molecular formula is C31H46O4. The van der Waals surface area contributed by atoms with Gasteiger partial charge in [0, 0.05) is 22.8 Å². The van der Waals surface area contributed by atoms with Crippen LogP contribution >= 0.6 is 0 Å². The van der Waals surface area contributed by atoms with E-state index < -0.39 is 0 Å². The molecule has 0 unspecified atom stereocenters. The van der Waals surface area contributed by atoms with E-state index >= 15 is 0 Å². The molecule has 2 saturated carbocycles. The van der Waals surface area contributed by atoms with Crippen molar-refractivity contribution in [2.24, 2.45) is 39.4 Å². The molecule has 4 rings (SSSR count). The third-order valence-corrected chi connectivity index (χ3v) is 11.7. The molecule has 0 spiro atoms. The van der Waals surface area contributed by atoms with Crippen LogP contribution in [0, 0.1) is 39.4 Å². The molecule has 0 aliphatic heterocycles. The number of carbonyl (C=O) groups is 3. The molecule has 7 atom stereocenters. The minimum absolute atomic E-state index is 0.000677. The molecule has 0 aromatic rings. The second kappa shape index (κ2) is 8.99. The molecule has 0 saturated heterocycles. The van der Waals surface area contributed by atoms with Crippen LogP contribution in [0.4, 0.5) is 0 Å². The van der Waals surface area contributed by atoms with Crippen molar-refractivity contribution in [2.45, 2.75) is 112 Å². The van der Waals surface area contributed by atoms with Crippen molar-refractivity contribution in [1.29, 1.82) is 0 Å². The minimum Gasteiger partial charge on any atom is -0.464 e. The number of Topliss-reactive ketones (excluding diaryl/α,β-unsaturated/α-hetero) is 1. The maximum absolute atomic E-state index is 14.0. The smallest absolute Gasteiger partial charge is 0.293 e. The molecule has 4 aliphatic carbocycles. The average Bonchev–Trinajstić information content (AvgIpc) is 3.08. The lowest BCUT2D eigenvalue weighted by Crippen LogP contribution is -2.57. The van der Waals surface area contributed by atoms with Crippen LogP contribution in [0.25, 0.3) is 0 Å². The Balaban J connectivity index is 1.67. The summed E-state index contributed by atoms with van der Waals surface area (Å²) >= 11 is 0. The van der Waals surface area contributed by atoms with Crippen molar-refractivity contribution in [3.63, 3.8) is 0 Å². The number of fused-ring (bicyclic) bond motifs is 4. The summed E-state index contributed by atoms with van der Waals surface area (Å²) in [6, 6.07) is 0. The Morgan fingerprint density at radius 3 is 2.46 bits per heavy atom. The maximum atomic E-state index is 14.0. The molecule has 0 aromatic heterocycles. The van der Waals surface area contributed by atoms with Crippen molar-refractivity contribution in [2.75, 3.05) is 0 Å². The number of aldehydes is 1. The summed E-state index contributed by atoms with van der Waals surface area (Å²) in [7, 11) is 0. The number of carbonyl (C=O) groups excluding carboxylic acids is 3. The van der Waals surface area contributed by atoms with Gasteiger partial charge in [-0.2, -0.15) is 0 Å². The lowest BCUT2D eigenvalue weighted by atomic mass is 9.43. The highest BCUT2D eigenvalue weighted by molar-refractivity contribution is 5.99. The first-order valence-corrected chi connectivity index (χ1v) is 13.8. The molecular weight excluding hydrogens is 436 g/mol.